The lowest BCUT2D eigenvalue weighted by molar-refractivity contribution is -0.122. The van der Waals surface area contributed by atoms with Crippen molar-refractivity contribution in [2.75, 3.05) is 0 Å². The molecule has 3 N–H and O–H groups in total. The molecule has 124 valence electrons. The molecule has 0 atom stereocenters. The van der Waals surface area contributed by atoms with Gasteiger partial charge in [-0.05, 0) is 25.7 Å². The second-order valence-corrected chi connectivity index (χ2v) is 6.50. The predicted octanol–water partition coefficient (Wildman–Crippen LogP) is 4.67. The molecule has 3 amide bonds. The van der Waals surface area contributed by atoms with Gasteiger partial charge < -0.3 is 5.73 Å². The summed E-state index contributed by atoms with van der Waals surface area (Å²) in [4.78, 5) is 21.6. The van der Waals surface area contributed by atoms with Crippen LogP contribution in [-0.2, 0) is 4.79 Å². The number of unbranched alkanes of at least 4 members (excludes halogenated alkanes) is 5. The number of urea groups is 1. The van der Waals surface area contributed by atoms with E-state index in [4.69, 9.17) is 5.73 Å². The minimum absolute atomic E-state index is 0.375. The summed E-state index contributed by atoms with van der Waals surface area (Å²) in [5, 5.41) is 2.04. The van der Waals surface area contributed by atoms with Gasteiger partial charge in [-0.2, -0.15) is 0 Å². The zero-order valence-corrected chi connectivity index (χ0v) is 15.3. The Hall–Kier alpha value is -0.840. The maximum Gasteiger partial charge on any atom is 0.318 e. The van der Waals surface area contributed by atoms with Crippen molar-refractivity contribution in [2.24, 2.45) is 5.73 Å². The summed E-state index contributed by atoms with van der Waals surface area (Å²) in [7, 11) is 0. The van der Waals surface area contributed by atoms with Crippen LogP contribution >= 0.6 is 15.9 Å². The molecule has 0 aliphatic carbocycles. The summed E-state index contributed by atoms with van der Waals surface area (Å²) < 4.78 is -0.665. The van der Waals surface area contributed by atoms with Crippen LogP contribution in [0.4, 0.5) is 4.79 Å². The molecule has 0 spiro atoms. The molecule has 0 aliphatic heterocycles. The molecule has 0 heterocycles. The Bertz CT molecular complexity index is 303. The Morgan fingerprint density at radius 2 is 1.67 bits per heavy atom. The first-order chi connectivity index (χ1) is 9.87. The molecule has 0 saturated carbocycles. The van der Waals surface area contributed by atoms with Crippen LogP contribution in [0.15, 0.2) is 12.7 Å². The van der Waals surface area contributed by atoms with Crippen molar-refractivity contribution in [1.29, 1.82) is 0 Å². The summed E-state index contributed by atoms with van der Waals surface area (Å²) in [6.45, 7) is 9.64. The van der Waals surface area contributed by atoms with Crippen molar-refractivity contribution >= 4 is 27.9 Å². The van der Waals surface area contributed by atoms with E-state index in [2.05, 4.69) is 29.4 Å². The summed E-state index contributed by atoms with van der Waals surface area (Å²) in [5.74, 6) is -0.375. The molecule has 0 radical (unpaired) electrons. The molecule has 0 aliphatic rings. The van der Waals surface area contributed by atoms with E-state index in [1.54, 1.807) is 0 Å². The van der Waals surface area contributed by atoms with Crippen LogP contribution in [-0.4, -0.2) is 16.3 Å². The molecule has 0 aromatic heterocycles. The van der Waals surface area contributed by atoms with Gasteiger partial charge in [-0.15, -0.1) is 6.58 Å². The van der Waals surface area contributed by atoms with E-state index >= 15 is 0 Å². The minimum atomic E-state index is -0.814. The van der Waals surface area contributed by atoms with Crippen molar-refractivity contribution < 1.29 is 9.59 Å². The van der Waals surface area contributed by atoms with Gasteiger partial charge in [-0.25, -0.2) is 4.79 Å². The van der Waals surface area contributed by atoms with Crippen LogP contribution in [0.3, 0.4) is 0 Å². The Balaban J connectivity index is 0. The van der Waals surface area contributed by atoms with E-state index in [-0.39, 0.29) is 5.91 Å². The number of hydrogen-bond donors (Lipinski definition) is 2. The molecule has 0 saturated heterocycles. The van der Waals surface area contributed by atoms with Crippen molar-refractivity contribution in [2.45, 2.75) is 76.5 Å². The highest BCUT2D eigenvalue weighted by Crippen LogP contribution is 2.26. The first-order valence-electron chi connectivity index (χ1n) is 7.78. The Morgan fingerprint density at radius 1 is 1.14 bits per heavy atom. The van der Waals surface area contributed by atoms with E-state index in [9.17, 15) is 9.59 Å². The number of carbonyl (C=O) groups is 2. The fourth-order valence-electron chi connectivity index (χ4n) is 1.69. The number of nitrogens with two attached hydrogens (primary N) is 1. The quantitative estimate of drug-likeness (QED) is 0.355. The van der Waals surface area contributed by atoms with Crippen LogP contribution in [0.25, 0.3) is 0 Å². The fourth-order valence-corrected chi connectivity index (χ4v) is 1.79. The lowest BCUT2D eigenvalue weighted by atomic mass is 10.0. The van der Waals surface area contributed by atoms with Gasteiger partial charge >= 0.3 is 6.03 Å². The van der Waals surface area contributed by atoms with Crippen LogP contribution in [0.2, 0.25) is 0 Å². The van der Waals surface area contributed by atoms with Gasteiger partial charge in [0, 0.05) is 0 Å². The number of imide groups is 1. The molecule has 5 heteroatoms. The highest BCUT2D eigenvalue weighted by Gasteiger charge is 2.32. The summed E-state index contributed by atoms with van der Waals surface area (Å²) >= 11 is 3.26. The first-order valence-corrected chi connectivity index (χ1v) is 8.57. The molecule has 0 aromatic rings. The molecule has 0 unspecified atom stereocenters. The maximum absolute atomic E-state index is 11.3. The number of rotatable bonds is 9. The number of amides is 3. The number of carbonyl (C=O) groups excluding carboxylic acids is 2. The number of primary amides is 1. The van der Waals surface area contributed by atoms with Crippen molar-refractivity contribution in [3.05, 3.63) is 12.7 Å². The second kappa shape index (κ2) is 14.1. The Labute approximate surface area is 138 Å². The van der Waals surface area contributed by atoms with Gasteiger partial charge in [0.1, 0.15) is 4.32 Å². The monoisotopic (exact) mass is 362 g/mol. The Kier molecular flexibility index (Phi) is 15.1. The number of alkyl halides is 1. The summed E-state index contributed by atoms with van der Waals surface area (Å²) in [6.07, 6.45) is 11.3. The lowest BCUT2D eigenvalue weighted by Crippen LogP contribution is -2.46. The number of halogens is 1. The smallest absolute Gasteiger partial charge is 0.318 e. The third-order valence-electron chi connectivity index (χ3n) is 3.28. The van der Waals surface area contributed by atoms with Gasteiger partial charge in [0.05, 0.1) is 0 Å². The highest BCUT2D eigenvalue weighted by molar-refractivity contribution is 9.10. The zero-order chi connectivity index (χ0) is 16.7. The number of nitrogens with one attached hydrogen (secondary N) is 1. The lowest BCUT2D eigenvalue weighted by Gasteiger charge is -2.21. The van der Waals surface area contributed by atoms with Gasteiger partial charge in [0.2, 0.25) is 5.91 Å². The van der Waals surface area contributed by atoms with Crippen LogP contribution in [0.5, 0.6) is 0 Å². The van der Waals surface area contributed by atoms with Gasteiger partial charge in [-0.1, -0.05) is 68.5 Å². The zero-order valence-electron chi connectivity index (χ0n) is 13.7. The van der Waals surface area contributed by atoms with Gasteiger partial charge in [-0.3, -0.25) is 10.1 Å². The standard InChI is InChI=1S/C9H18.C7H13BrN2O2/c1-3-5-7-9-8-6-4-2;1-3-7(8,4-2)5(11)10-6(9)12/h3H,1,4-9H2,2H3;3-4H2,1-2H3,(H3,9,10,11,12). The fraction of sp³-hybridized carbons (Fsp3) is 0.750. The van der Waals surface area contributed by atoms with Gasteiger partial charge in [0.15, 0.2) is 0 Å². The third-order valence-corrected chi connectivity index (χ3v) is 4.76. The van der Waals surface area contributed by atoms with E-state index < -0.39 is 10.4 Å². The first kappa shape index (κ1) is 22.4. The maximum atomic E-state index is 11.3. The van der Waals surface area contributed by atoms with Crippen molar-refractivity contribution in [3.8, 4) is 0 Å². The molecule has 0 fully saturated rings. The SMILES string of the molecule is C=CCCCCCCC.CCC(Br)(CC)C(=O)NC(N)=O. The normalized spacial score (nSPS) is 10.3. The molecular weight excluding hydrogens is 332 g/mol. The average Bonchev–Trinajstić information content (AvgIpc) is 2.46. The minimum Gasteiger partial charge on any atom is -0.351 e. The number of hydrogen-bond acceptors (Lipinski definition) is 2. The molecule has 0 aromatic carbocycles. The van der Waals surface area contributed by atoms with E-state index in [1.807, 2.05) is 25.2 Å². The van der Waals surface area contributed by atoms with E-state index in [0.717, 1.165) is 0 Å². The largest absolute Gasteiger partial charge is 0.351 e. The van der Waals surface area contributed by atoms with Crippen molar-refractivity contribution in [3.63, 3.8) is 0 Å². The molecule has 0 bridgehead atoms. The average molecular weight is 363 g/mol. The topological polar surface area (TPSA) is 72.2 Å². The van der Waals surface area contributed by atoms with Crippen LogP contribution in [0.1, 0.15) is 72.1 Å². The molecule has 0 rings (SSSR count). The van der Waals surface area contributed by atoms with Crippen LogP contribution in [0, 0.1) is 0 Å². The van der Waals surface area contributed by atoms with E-state index in [1.165, 1.54) is 38.5 Å². The number of allylic oxidation sites excluding steroid dienone is 1. The highest BCUT2D eigenvalue weighted by atomic mass is 79.9. The summed E-state index contributed by atoms with van der Waals surface area (Å²) in [5.41, 5.74) is 4.81. The second-order valence-electron chi connectivity index (χ2n) is 4.98. The van der Waals surface area contributed by atoms with Gasteiger partial charge in [0.25, 0.3) is 0 Å². The van der Waals surface area contributed by atoms with Crippen LogP contribution < -0.4 is 11.1 Å². The third kappa shape index (κ3) is 12.6. The molecular formula is C16H31BrN2O2. The van der Waals surface area contributed by atoms with Crippen molar-refractivity contribution in [1.82, 2.24) is 5.32 Å². The van der Waals surface area contributed by atoms with E-state index in [0.29, 0.717) is 12.8 Å². The predicted molar refractivity (Wildman–Crippen MR) is 93.5 cm³/mol. The molecule has 21 heavy (non-hydrogen) atoms. The molecule has 4 nitrogen and oxygen atoms in total. The Morgan fingerprint density at radius 3 is 2.05 bits per heavy atom. The summed E-state index contributed by atoms with van der Waals surface area (Å²) in [6, 6.07) is -0.814.